The van der Waals surface area contributed by atoms with Crippen LogP contribution in [0.4, 0.5) is 5.82 Å². The lowest BCUT2D eigenvalue weighted by atomic mass is 10.0. The van der Waals surface area contributed by atoms with Gasteiger partial charge in [0.15, 0.2) is 0 Å². The molecule has 1 aromatic carbocycles. The predicted octanol–water partition coefficient (Wildman–Crippen LogP) is 1.73. The van der Waals surface area contributed by atoms with E-state index in [1.165, 1.54) is 6.20 Å². The maximum Gasteiger partial charge on any atom is 0.341 e. The first kappa shape index (κ1) is 20.7. The number of carbonyl (C=O) groups is 1. The van der Waals surface area contributed by atoms with Crippen molar-refractivity contribution in [3.05, 3.63) is 57.9 Å². The Morgan fingerprint density at radius 3 is 2.65 bits per heavy atom. The third kappa shape index (κ3) is 3.68. The van der Waals surface area contributed by atoms with E-state index < -0.39 is 11.4 Å². The second-order valence-electron chi connectivity index (χ2n) is 7.34. The van der Waals surface area contributed by atoms with Crippen molar-refractivity contribution in [2.45, 2.75) is 19.0 Å². The number of carboxylic acid groups (broad SMARTS) is 1. The van der Waals surface area contributed by atoms with Gasteiger partial charge in [0.25, 0.3) is 0 Å². The number of nitrogens with zero attached hydrogens (tertiary/aromatic N) is 3. The third-order valence-corrected chi connectivity index (χ3v) is 5.62. The molecule has 1 aliphatic heterocycles. The van der Waals surface area contributed by atoms with Crippen molar-refractivity contribution >= 4 is 22.8 Å². The van der Waals surface area contributed by atoms with Crippen LogP contribution in [0.1, 0.15) is 22.3 Å². The fraction of sp³-hybridized carbons (Fsp3) is 0.318. The van der Waals surface area contributed by atoms with Crippen molar-refractivity contribution in [2.24, 2.45) is 0 Å². The van der Waals surface area contributed by atoms with Crippen LogP contribution in [-0.2, 0) is 6.54 Å². The van der Waals surface area contributed by atoms with Gasteiger partial charge in [-0.15, -0.1) is 0 Å². The number of methoxy groups -OCH3 is 2. The Morgan fingerprint density at radius 2 is 2.03 bits per heavy atom. The maximum absolute atomic E-state index is 12.7. The summed E-state index contributed by atoms with van der Waals surface area (Å²) in [6, 6.07) is 8.62. The minimum absolute atomic E-state index is 0.00917. The molecule has 0 saturated carbocycles. The average Bonchev–Trinajstić information content (AvgIpc) is 2.75. The molecule has 1 fully saturated rings. The summed E-state index contributed by atoms with van der Waals surface area (Å²) >= 11 is 0. The standard InChI is InChI=1S/C22H23N3O6/c1-30-15-4-3-13(18(9-15)31-2)10-24-11-17(22(28)29)20(27)16-5-6-19(23-21(16)24)25-8-7-14(25)12-26/h3-6,9,11,14,26H,7-8,10,12H2,1-2H3,(H,28,29). The van der Waals surface area contributed by atoms with Crippen LogP contribution in [0.15, 0.2) is 41.3 Å². The number of aliphatic hydroxyl groups excluding tert-OH is 1. The Balaban J connectivity index is 1.87. The number of aliphatic hydroxyl groups is 1. The Labute approximate surface area is 178 Å². The largest absolute Gasteiger partial charge is 0.497 e. The molecule has 1 saturated heterocycles. The molecular formula is C22H23N3O6. The maximum atomic E-state index is 12.7. The quantitative estimate of drug-likeness (QED) is 0.588. The number of ether oxygens (including phenoxy) is 2. The molecule has 1 atom stereocenters. The Bertz CT molecular complexity index is 1200. The second-order valence-corrected chi connectivity index (χ2v) is 7.34. The lowest BCUT2D eigenvalue weighted by molar-refractivity contribution is 0.0695. The van der Waals surface area contributed by atoms with E-state index in [0.29, 0.717) is 23.0 Å². The summed E-state index contributed by atoms with van der Waals surface area (Å²) < 4.78 is 12.3. The number of rotatable bonds is 7. The molecule has 3 aromatic rings. The van der Waals surface area contributed by atoms with Crippen LogP contribution < -0.4 is 19.8 Å². The van der Waals surface area contributed by atoms with Gasteiger partial charge in [0.05, 0.1) is 38.8 Å². The lowest BCUT2D eigenvalue weighted by Crippen LogP contribution is -2.50. The summed E-state index contributed by atoms with van der Waals surface area (Å²) in [6.07, 6.45) is 2.18. The van der Waals surface area contributed by atoms with Gasteiger partial charge < -0.3 is 29.2 Å². The summed E-state index contributed by atoms with van der Waals surface area (Å²) in [5.74, 6) is 0.539. The van der Waals surface area contributed by atoms with Gasteiger partial charge in [-0.1, -0.05) is 0 Å². The molecule has 9 nitrogen and oxygen atoms in total. The molecule has 9 heteroatoms. The van der Waals surface area contributed by atoms with Crippen LogP contribution in [0.3, 0.4) is 0 Å². The fourth-order valence-corrected chi connectivity index (χ4v) is 3.79. The highest BCUT2D eigenvalue weighted by Gasteiger charge is 2.29. The number of benzene rings is 1. The zero-order valence-corrected chi connectivity index (χ0v) is 17.2. The molecule has 0 bridgehead atoms. The van der Waals surface area contributed by atoms with Crippen LogP contribution in [0.2, 0.25) is 0 Å². The highest BCUT2D eigenvalue weighted by Crippen LogP contribution is 2.28. The van der Waals surface area contributed by atoms with E-state index >= 15 is 0 Å². The second kappa shape index (κ2) is 8.27. The number of aromatic carboxylic acids is 1. The summed E-state index contributed by atoms with van der Waals surface area (Å²) in [5.41, 5.74) is 0.233. The number of pyridine rings is 2. The van der Waals surface area contributed by atoms with Gasteiger partial charge in [-0.3, -0.25) is 4.79 Å². The fourth-order valence-electron chi connectivity index (χ4n) is 3.79. The Kier molecular flexibility index (Phi) is 5.51. The molecule has 2 N–H and O–H groups in total. The Morgan fingerprint density at radius 1 is 1.23 bits per heavy atom. The van der Waals surface area contributed by atoms with Gasteiger partial charge in [-0.25, -0.2) is 9.78 Å². The molecule has 3 heterocycles. The zero-order chi connectivity index (χ0) is 22.1. The molecule has 1 unspecified atom stereocenters. The van der Waals surface area contributed by atoms with E-state index in [-0.39, 0.29) is 30.1 Å². The zero-order valence-electron chi connectivity index (χ0n) is 17.2. The summed E-state index contributed by atoms with van der Waals surface area (Å²) in [7, 11) is 3.10. The van der Waals surface area contributed by atoms with Crippen LogP contribution in [0.5, 0.6) is 11.5 Å². The highest BCUT2D eigenvalue weighted by molar-refractivity contribution is 5.92. The molecule has 0 amide bonds. The first-order valence-corrected chi connectivity index (χ1v) is 9.82. The van der Waals surface area contributed by atoms with E-state index in [4.69, 9.17) is 9.47 Å². The molecule has 0 spiro atoms. The highest BCUT2D eigenvalue weighted by atomic mass is 16.5. The molecule has 0 radical (unpaired) electrons. The number of anilines is 1. The molecule has 4 rings (SSSR count). The van der Waals surface area contributed by atoms with Gasteiger partial charge >= 0.3 is 5.97 Å². The normalized spacial score (nSPS) is 15.6. The van der Waals surface area contributed by atoms with Crippen LogP contribution in [-0.4, -0.2) is 59.1 Å². The smallest absolute Gasteiger partial charge is 0.341 e. The van der Waals surface area contributed by atoms with Crippen LogP contribution in [0.25, 0.3) is 11.0 Å². The van der Waals surface area contributed by atoms with E-state index in [0.717, 1.165) is 18.5 Å². The van der Waals surface area contributed by atoms with Crippen LogP contribution in [0, 0.1) is 0 Å². The van der Waals surface area contributed by atoms with Crippen molar-refractivity contribution < 1.29 is 24.5 Å². The van der Waals surface area contributed by atoms with Crippen molar-refractivity contribution in [3.63, 3.8) is 0 Å². The average molecular weight is 425 g/mol. The Hall–Kier alpha value is -3.59. The molecule has 162 valence electrons. The van der Waals surface area contributed by atoms with E-state index in [1.807, 2.05) is 11.0 Å². The van der Waals surface area contributed by atoms with Crippen molar-refractivity contribution in [2.75, 3.05) is 32.3 Å². The summed E-state index contributed by atoms with van der Waals surface area (Å²) in [4.78, 5) is 31.0. The summed E-state index contributed by atoms with van der Waals surface area (Å²) in [5, 5.41) is 19.3. The van der Waals surface area contributed by atoms with Gasteiger partial charge in [0.1, 0.15) is 28.5 Å². The van der Waals surface area contributed by atoms with E-state index in [9.17, 15) is 19.8 Å². The minimum atomic E-state index is -1.30. The number of fused-ring (bicyclic) bond motifs is 1. The monoisotopic (exact) mass is 425 g/mol. The SMILES string of the molecule is COc1ccc(Cn2cc(C(=O)O)c(=O)c3ccc(N4CCC4CO)nc32)c(OC)c1. The number of aromatic nitrogens is 2. The van der Waals surface area contributed by atoms with Gasteiger partial charge in [0.2, 0.25) is 5.43 Å². The molecule has 1 aliphatic rings. The van der Waals surface area contributed by atoms with Gasteiger partial charge in [-0.05, 0) is 30.7 Å². The lowest BCUT2D eigenvalue weighted by Gasteiger charge is -2.40. The molecule has 2 aromatic heterocycles. The molecule has 31 heavy (non-hydrogen) atoms. The van der Waals surface area contributed by atoms with Gasteiger partial charge in [-0.2, -0.15) is 0 Å². The number of hydrogen-bond acceptors (Lipinski definition) is 7. The van der Waals surface area contributed by atoms with Crippen LogP contribution >= 0.6 is 0 Å². The van der Waals surface area contributed by atoms with E-state index in [1.54, 1.807) is 43.1 Å². The first-order valence-electron chi connectivity index (χ1n) is 9.82. The van der Waals surface area contributed by atoms with Crippen molar-refractivity contribution in [1.82, 2.24) is 9.55 Å². The van der Waals surface area contributed by atoms with E-state index in [2.05, 4.69) is 4.98 Å². The number of carboxylic acids is 1. The van der Waals surface area contributed by atoms with Gasteiger partial charge in [0, 0.05) is 24.4 Å². The summed E-state index contributed by atoms with van der Waals surface area (Å²) in [6.45, 7) is 1.02. The topological polar surface area (TPSA) is 114 Å². The molecular weight excluding hydrogens is 402 g/mol. The number of hydrogen-bond donors (Lipinski definition) is 2. The van der Waals surface area contributed by atoms with Crippen molar-refractivity contribution in [1.29, 1.82) is 0 Å². The third-order valence-electron chi connectivity index (χ3n) is 5.62. The van der Waals surface area contributed by atoms with Crippen molar-refractivity contribution in [3.8, 4) is 11.5 Å². The predicted molar refractivity (Wildman–Crippen MR) is 114 cm³/mol. The molecule has 0 aliphatic carbocycles. The minimum Gasteiger partial charge on any atom is -0.497 e. The first-order chi connectivity index (χ1) is 15.0.